The average Bonchev–Trinajstić information content (AvgIpc) is 2.63. The topological polar surface area (TPSA) is 36.3 Å². The van der Waals surface area contributed by atoms with Crippen LogP contribution in [0.3, 0.4) is 0 Å². The Morgan fingerprint density at radius 3 is 3.07 bits per heavy atom. The minimum absolute atomic E-state index is 0.0809. The molecule has 3 heteroatoms. The van der Waals surface area contributed by atoms with Crippen LogP contribution in [0.1, 0.15) is 19.8 Å². The summed E-state index contributed by atoms with van der Waals surface area (Å²) in [5.41, 5.74) is 0. The molecule has 78 valence electrons. The van der Waals surface area contributed by atoms with Crippen LogP contribution in [0, 0.1) is 11.3 Å². The molecule has 0 bridgehead atoms. The minimum atomic E-state index is -0.0809. The van der Waals surface area contributed by atoms with Crippen molar-refractivity contribution in [3.05, 3.63) is 12.2 Å². The number of allylic oxidation sites excluding steroid dienone is 1. The number of hydrogen-bond donors (Lipinski definition) is 0. The zero-order valence-corrected chi connectivity index (χ0v) is 8.94. The third kappa shape index (κ3) is 2.57. The number of likely N-dealkylation sites (tertiary alicyclic amines) is 1. The van der Waals surface area contributed by atoms with Gasteiger partial charge in [-0.25, -0.2) is 0 Å². The number of ether oxygens (including phenoxy) is 1. The summed E-state index contributed by atoms with van der Waals surface area (Å²) in [7, 11) is 1.72. The largest absolute Gasteiger partial charge is 0.383 e. The van der Waals surface area contributed by atoms with Gasteiger partial charge in [0.1, 0.15) is 6.04 Å². The summed E-state index contributed by atoms with van der Waals surface area (Å²) in [5.74, 6) is 0. The van der Waals surface area contributed by atoms with Crippen molar-refractivity contribution in [3.8, 4) is 6.07 Å². The molecule has 1 saturated heterocycles. The summed E-state index contributed by atoms with van der Waals surface area (Å²) in [6.07, 6.45) is 6.21. The molecule has 0 spiro atoms. The van der Waals surface area contributed by atoms with E-state index < -0.39 is 0 Å². The molecule has 0 N–H and O–H groups in total. The number of nitriles is 1. The lowest BCUT2D eigenvalue weighted by atomic mass is 10.2. The first-order chi connectivity index (χ1) is 6.83. The Balaban J connectivity index is 2.60. The summed E-state index contributed by atoms with van der Waals surface area (Å²) in [4.78, 5) is 2.23. The van der Waals surface area contributed by atoms with Gasteiger partial charge in [0, 0.05) is 19.7 Å². The van der Waals surface area contributed by atoms with Crippen molar-refractivity contribution in [2.24, 2.45) is 0 Å². The van der Waals surface area contributed by atoms with Crippen LogP contribution in [0.25, 0.3) is 0 Å². The van der Waals surface area contributed by atoms with Crippen molar-refractivity contribution >= 4 is 0 Å². The Labute approximate surface area is 86.0 Å². The third-order valence-corrected chi connectivity index (χ3v) is 2.65. The zero-order chi connectivity index (χ0) is 10.4. The molecule has 0 aliphatic carbocycles. The Morgan fingerprint density at radius 2 is 2.50 bits per heavy atom. The second-order valence-electron chi connectivity index (χ2n) is 3.59. The van der Waals surface area contributed by atoms with Gasteiger partial charge >= 0.3 is 0 Å². The molecule has 1 rings (SSSR count). The maximum atomic E-state index is 9.02. The van der Waals surface area contributed by atoms with Crippen LogP contribution < -0.4 is 0 Å². The second kappa shape index (κ2) is 5.79. The SMILES string of the molecule is C/C=C/C(C#N)N1CCCC1COC. The number of nitrogens with zero attached hydrogens (tertiary/aromatic N) is 2. The first-order valence-corrected chi connectivity index (χ1v) is 5.10. The highest BCUT2D eigenvalue weighted by Gasteiger charge is 2.28. The van der Waals surface area contributed by atoms with Crippen LogP contribution in [0.5, 0.6) is 0 Å². The number of hydrogen-bond acceptors (Lipinski definition) is 3. The summed E-state index contributed by atoms with van der Waals surface area (Å²) in [6, 6.07) is 2.65. The highest BCUT2D eigenvalue weighted by Crippen LogP contribution is 2.20. The molecule has 1 fully saturated rings. The minimum Gasteiger partial charge on any atom is -0.383 e. The first-order valence-electron chi connectivity index (χ1n) is 5.10. The summed E-state index contributed by atoms with van der Waals surface area (Å²) in [5, 5.41) is 9.02. The highest BCUT2D eigenvalue weighted by molar-refractivity contribution is 5.08. The van der Waals surface area contributed by atoms with Crippen molar-refractivity contribution in [3.63, 3.8) is 0 Å². The molecule has 0 saturated carbocycles. The normalized spacial score (nSPS) is 25.4. The maximum absolute atomic E-state index is 9.02. The fraction of sp³-hybridized carbons (Fsp3) is 0.727. The molecule has 14 heavy (non-hydrogen) atoms. The second-order valence-corrected chi connectivity index (χ2v) is 3.59. The molecule has 0 aromatic rings. The van der Waals surface area contributed by atoms with Crippen molar-refractivity contribution in [2.75, 3.05) is 20.3 Å². The van der Waals surface area contributed by atoms with Crippen LogP contribution in [0.2, 0.25) is 0 Å². The first kappa shape index (κ1) is 11.2. The smallest absolute Gasteiger partial charge is 0.117 e. The lowest BCUT2D eigenvalue weighted by Crippen LogP contribution is -2.39. The van der Waals surface area contributed by atoms with E-state index in [1.54, 1.807) is 7.11 Å². The fourth-order valence-electron chi connectivity index (χ4n) is 2.01. The Morgan fingerprint density at radius 1 is 1.71 bits per heavy atom. The highest BCUT2D eigenvalue weighted by atomic mass is 16.5. The fourth-order valence-corrected chi connectivity index (χ4v) is 2.01. The van der Waals surface area contributed by atoms with E-state index in [0.29, 0.717) is 6.04 Å². The van der Waals surface area contributed by atoms with Gasteiger partial charge < -0.3 is 4.74 Å². The molecule has 0 aromatic heterocycles. The van der Waals surface area contributed by atoms with Gasteiger partial charge in [0.25, 0.3) is 0 Å². The molecule has 0 radical (unpaired) electrons. The van der Waals surface area contributed by atoms with E-state index in [-0.39, 0.29) is 6.04 Å². The lowest BCUT2D eigenvalue weighted by Gasteiger charge is -2.26. The van der Waals surface area contributed by atoms with E-state index in [4.69, 9.17) is 10.00 Å². The zero-order valence-electron chi connectivity index (χ0n) is 8.94. The number of rotatable bonds is 4. The van der Waals surface area contributed by atoms with Gasteiger partial charge in [0.05, 0.1) is 12.7 Å². The molecule has 1 heterocycles. The van der Waals surface area contributed by atoms with Gasteiger partial charge in [0.15, 0.2) is 0 Å². The summed E-state index contributed by atoms with van der Waals surface area (Å²) < 4.78 is 5.15. The van der Waals surface area contributed by atoms with Crippen molar-refractivity contribution < 1.29 is 4.74 Å². The van der Waals surface area contributed by atoms with Crippen molar-refractivity contribution in [1.29, 1.82) is 5.26 Å². The summed E-state index contributed by atoms with van der Waals surface area (Å²) >= 11 is 0. The van der Waals surface area contributed by atoms with Crippen LogP contribution in [0.15, 0.2) is 12.2 Å². The third-order valence-electron chi connectivity index (χ3n) is 2.65. The van der Waals surface area contributed by atoms with Gasteiger partial charge in [-0.1, -0.05) is 12.2 Å². The lowest BCUT2D eigenvalue weighted by molar-refractivity contribution is 0.111. The van der Waals surface area contributed by atoms with Crippen molar-refractivity contribution in [2.45, 2.75) is 31.8 Å². The molecule has 0 amide bonds. The van der Waals surface area contributed by atoms with E-state index >= 15 is 0 Å². The van der Waals surface area contributed by atoms with Gasteiger partial charge in [0.2, 0.25) is 0 Å². The predicted octanol–water partition coefficient (Wildman–Crippen LogP) is 1.57. The molecule has 3 nitrogen and oxygen atoms in total. The average molecular weight is 194 g/mol. The molecule has 0 aromatic carbocycles. The maximum Gasteiger partial charge on any atom is 0.117 e. The molecule has 1 aliphatic heterocycles. The number of methoxy groups -OCH3 is 1. The van der Waals surface area contributed by atoms with E-state index in [1.165, 1.54) is 6.42 Å². The van der Waals surface area contributed by atoms with Crippen LogP contribution in [-0.4, -0.2) is 37.2 Å². The molecule has 2 atom stereocenters. The Bertz CT molecular complexity index is 232. The molecular weight excluding hydrogens is 176 g/mol. The van der Waals surface area contributed by atoms with E-state index in [2.05, 4.69) is 11.0 Å². The van der Waals surface area contributed by atoms with Crippen molar-refractivity contribution in [1.82, 2.24) is 4.90 Å². The monoisotopic (exact) mass is 194 g/mol. The standard InChI is InChI=1S/C11H18N2O/c1-3-5-10(8-12)13-7-4-6-11(13)9-14-2/h3,5,10-11H,4,6-7,9H2,1-2H3/b5-3+. The van der Waals surface area contributed by atoms with Crippen LogP contribution >= 0.6 is 0 Å². The quantitative estimate of drug-likeness (QED) is 0.637. The molecule has 1 aliphatic rings. The van der Waals surface area contributed by atoms with E-state index in [0.717, 1.165) is 19.6 Å². The molecular formula is C11H18N2O. The van der Waals surface area contributed by atoms with Gasteiger partial charge in [-0.05, 0) is 19.8 Å². The summed E-state index contributed by atoms with van der Waals surface area (Å²) in [6.45, 7) is 3.69. The van der Waals surface area contributed by atoms with Crippen LogP contribution in [0.4, 0.5) is 0 Å². The van der Waals surface area contributed by atoms with Gasteiger partial charge in [-0.15, -0.1) is 0 Å². The molecule has 2 unspecified atom stereocenters. The van der Waals surface area contributed by atoms with Gasteiger partial charge in [-0.3, -0.25) is 4.90 Å². The Kier molecular flexibility index (Phi) is 4.64. The van der Waals surface area contributed by atoms with Crippen LogP contribution in [-0.2, 0) is 4.74 Å². The van der Waals surface area contributed by atoms with Gasteiger partial charge in [-0.2, -0.15) is 5.26 Å². The van der Waals surface area contributed by atoms with E-state index in [1.807, 2.05) is 19.1 Å². The van der Waals surface area contributed by atoms with E-state index in [9.17, 15) is 0 Å². The predicted molar refractivity (Wildman–Crippen MR) is 55.8 cm³/mol. The Hall–Kier alpha value is -0.850.